The highest BCUT2D eigenvalue weighted by Crippen LogP contribution is 2.39. The van der Waals surface area contributed by atoms with Gasteiger partial charge in [0, 0.05) is 54.0 Å². The molecule has 2 aromatic carbocycles. The van der Waals surface area contributed by atoms with Gasteiger partial charge in [-0.05, 0) is 54.8 Å². The van der Waals surface area contributed by atoms with E-state index >= 15 is 0 Å². The second-order valence-electron chi connectivity index (χ2n) is 8.66. The van der Waals surface area contributed by atoms with Crippen molar-refractivity contribution in [3.63, 3.8) is 0 Å². The number of H-pyrrole nitrogens is 1. The van der Waals surface area contributed by atoms with Gasteiger partial charge in [0.15, 0.2) is 0 Å². The first-order chi connectivity index (χ1) is 15.7. The zero-order valence-corrected chi connectivity index (χ0v) is 19.3. The molecule has 1 atom stereocenters. The minimum absolute atomic E-state index is 0.108. The maximum atomic E-state index is 13.4. The number of benzene rings is 2. The minimum atomic E-state index is -0.108. The molecule has 5 nitrogen and oxygen atoms in total. The average molecular weight is 448 g/mol. The van der Waals surface area contributed by atoms with E-state index in [0.29, 0.717) is 25.9 Å². The number of rotatable bonds is 6. The number of aromatic amines is 1. The highest BCUT2D eigenvalue weighted by atomic mass is 32.2. The third-order valence-corrected chi connectivity index (χ3v) is 7.52. The van der Waals surface area contributed by atoms with Crippen LogP contribution >= 0.6 is 11.8 Å². The van der Waals surface area contributed by atoms with Gasteiger partial charge >= 0.3 is 0 Å². The lowest BCUT2D eigenvalue weighted by molar-refractivity contribution is -0.134. The number of carbonyl (C=O) groups is 2. The molecule has 3 heterocycles. The number of nitrogens with one attached hydrogen (secondary N) is 1. The van der Waals surface area contributed by atoms with Gasteiger partial charge in [-0.3, -0.25) is 9.59 Å². The quantitative estimate of drug-likeness (QED) is 0.554. The van der Waals surface area contributed by atoms with Crippen LogP contribution in [-0.4, -0.2) is 52.5 Å². The van der Waals surface area contributed by atoms with Crippen LogP contribution in [0, 0.1) is 0 Å². The molecule has 1 unspecified atom stereocenters. The van der Waals surface area contributed by atoms with Crippen molar-refractivity contribution in [2.45, 2.75) is 43.0 Å². The summed E-state index contributed by atoms with van der Waals surface area (Å²) >= 11 is 1.72. The summed E-state index contributed by atoms with van der Waals surface area (Å²) < 4.78 is 0. The molecule has 0 spiro atoms. The fourth-order valence-electron chi connectivity index (χ4n) is 5.15. The SMILES string of the molecule is CSc1ccc(C2c3[nH]c4ccccc4c3CCN2C(=O)CCCN2CCCC2=O)cc1. The van der Waals surface area contributed by atoms with Gasteiger partial charge in [0.05, 0.1) is 6.04 Å². The monoisotopic (exact) mass is 447 g/mol. The topological polar surface area (TPSA) is 56.4 Å². The van der Waals surface area contributed by atoms with E-state index in [0.717, 1.165) is 42.6 Å². The fourth-order valence-corrected chi connectivity index (χ4v) is 5.56. The van der Waals surface area contributed by atoms with Crippen molar-refractivity contribution in [2.24, 2.45) is 0 Å². The molecule has 2 amide bonds. The molecule has 2 aliphatic rings. The molecule has 0 saturated carbocycles. The van der Waals surface area contributed by atoms with Crippen LogP contribution in [0.2, 0.25) is 0 Å². The van der Waals surface area contributed by atoms with E-state index in [1.54, 1.807) is 11.8 Å². The van der Waals surface area contributed by atoms with E-state index < -0.39 is 0 Å². The lowest BCUT2D eigenvalue weighted by Crippen LogP contribution is -2.40. The maximum Gasteiger partial charge on any atom is 0.223 e. The molecule has 166 valence electrons. The Balaban J connectivity index is 1.42. The molecule has 0 bridgehead atoms. The first-order valence-electron chi connectivity index (χ1n) is 11.5. The molecule has 3 aromatic rings. The number of fused-ring (bicyclic) bond motifs is 3. The number of nitrogens with zero attached hydrogens (tertiary/aromatic N) is 2. The molecule has 5 rings (SSSR count). The summed E-state index contributed by atoms with van der Waals surface area (Å²) in [6.45, 7) is 2.23. The minimum Gasteiger partial charge on any atom is -0.356 e. The van der Waals surface area contributed by atoms with Crippen molar-refractivity contribution >= 4 is 34.5 Å². The highest BCUT2D eigenvalue weighted by Gasteiger charge is 2.34. The van der Waals surface area contributed by atoms with Crippen molar-refractivity contribution in [1.29, 1.82) is 0 Å². The van der Waals surface area contributed by atoms with E-state index in [1.807, 2.05) is 9.80 Å². The van der Waals surface area contributed by atoms with E-state index in [4.69, 9.17) is 0 Å². The molecule has 2 aliphatic heterocycles. The third-order valence-electron chi connectivity index (χ3n) is 6.78. The fraction of sp³-hybridized carbons (Fsp3) is 0.385. The average Bonchev–Trinajstić information content (AvgIpc) is 3.41. The molecule has 0 aliphatic carbocycles. The normalized spacial score (nSPS) is 18.4. The van der Waals surface area contributed by atoms with Gasteiger partial charge in [-0.15, -0.1) is 11.8 Å². The van der Waals surface area contributed by atoms with Crippen LogP contribution in [-0.2, 0) is 16.0 Å². The summed E-state index contributed by atoms with van der Waals surface area (Å²) in [5.41, 5.74) is 4.73. The van der Waals surface area contributed by atoms with Crippen LogP contribution in [0.5, 0.6) is 0 Å². The van der Waals surface area contributed by atoms with Crippen LogP contribution in [0.15, 0.2) is 53.4 Å². The Labute approximate surface area is 193 Å². The molecule has 32 heavy (non-hydrogen) atoms. The predicted octanol–water partition coefficient (Wildman–Crippen LogP) is 4.77. The van der Waals surface area contributed by atoms with Gasteiger partial charge in [-0.25, -0.2) is 0 Å². The van der Waals surface area contributed by atoms with Crippen molar-refractivity contribution in [3.8, 4) is 0 Å². The highest BCUT2D eigenvalue weighted by molar-refractivity contribution is 7.98. The summed E-state index contributed by atoms with van der Waals surface area (Å²) in [7, 11) is 0. The Bertz CT molecular complexity index is 1140. The Morgan fingerprint density at radius 2 is 1.91 bits per heavy atom. The summed E-state index contributed by atoms with van der Waals surface area (Å²) in [5, 5.41) is 1.26. The molecule has 1 N–H and O–H groups in total. The number of carbonyl (C=O) groups excluding carboxylic acids is 2. The van der Waals surface area contributed by atoms with Crippen molar-refractivity contribution in [3.05, 3.63) is 65.4 Å². The van der Waals surface area contributed by atoms with Gasteiger partial charge in [-0.1, -0.05) is 30.3 Å². The molecule has 1 fully saturated rings. The number of hydrogen-bond donors (Lipinski definition) is 1. The number of thioether (sulfide) groups is 1. The smallest absolute Gasteiger partial charge is 0.223 e. The second-order valence-corrected chi connectivity index (χ2v) is 9.54. The van der Waals surface area contributed by atoms with Gasteiger partial charge in [-0.2, -0.15) is 0 Å². The van der Waals surface area contributed by atoms with Crippen LogP contribution in [0.4, 0.5) is 0 Å². The Hall–Kier alpha value is -2.73. The van der Waals surface area contributed by atoms with Gasteiger partial charge in [0.25, 0.3) is 0 Å². The molecular formula is C26H29N3O2S. The Kier molecular flexibility index (Phi) is 5.96. The number of amides is 2. The first kappa shape index (κ1) is 21.1. The van der Waals surface area contributed by atoms with Gasteiger partial charge < -0.3 is 14.8 Å². The molecule has 6 heteroatoms. The standard InChI is InChI=1S/C26H29N3O2S/c1-32-19-12-10-18(11-13-19)26-25-21(20-6-2-3-7-22(20)27-25)14-17-29(26)24(31)9-5-16-28-15-4-8-23(28)30/h2-3,6-7,10-13,26-27H,4-5,8-9,14-17H2,1H3. The van der Waals surface area contributed by atoms with E-state index in [1.165, 1.54) is 15.8 Å². The van der Waals surface area contributed by atoms with Crippen LogP contribution in [0.1, 0.15) is 48.5 Å². The van der Waals surface area contributed by atoms with Crippen molar-refractivity contribution < 1.29 is 9.59 Å². The van der Waals surface area contributed by atoms with E-state index in [-0.39, 0.29) is 17.9 Å². The maximum absolute atomic E-state index is 13.4. The van der Waals surface area contributed by atoms with Gasteiger partial charge in [0.2, 0.25) is 11.8 Å². The van der Waals surface area contributed by atoms with E-state index in [9.17, 15) is 9.59 Å². The summed E-state index contributed by atoms with van der Waals surface area (Å²) in [5.74, 6) is 0.393. The van der Waals surface area contributed by atoms with Crippen LogP contribution in [0.3, 0.4) is 0 Å². The van der Waals surface area contributed by atoms with Crippen LogP contribution in [0.25, 0.3) is 10.9 Å². The van der Waals surface area contributed by atoms with Crippen molar-refractivity contribution in [2.75, 3.05) is 25.9 Å². The van der Waals surface area contributed by atoms with Crippen molar-refractivity contribution in [1.82, 2.24) is 14.8 Å². The molecule has 1 aromatic heterocycles. The lowest BCUT2D eigenvalue weighted by atomic mass is 9.92. The summed E-state index contributed by atoms with van der Waals surface area (Å²) in [4.78, 5) is 34.1. The van der Waals surface area contributed by atoms with Crippen LogP contribution < -0.4 is 0 Å². The number of hydrogen-bond acceptors (Lipinski definition) is 3. The molecule has 1 saturated heterocycles. The summed E-state index contributed by atoms with van der Waals surface area (Å²) in [6, 6.07) is 16.9. The predicted molar refractivity (Wildman–Crippen MR) is 129 cm³/mol. The zero-order valence-electron chi connectivity index (χ0n) is 18.5. The number of likely N-dealkylation sites (tertiary alicyclic amines) is 1. The molecule has 0 radical (unpaired) electrons. The Morgan fingerprint density at radius 3 is 2.66 bits per heavy atom. The largest absolute Gasteiger partial charge is 0.356 e. The third kappa shape index (κ3) is 3.92. The van der Waals surface area contributed by atoms with Gasteiger partial charge in [0.1, 0.15) is 0 Å². The van der Waals surface area contributed by atoms with E-state index in [2.05, 4.69) is 59.8 Å². The summed E-state index contributed by atoms with van der Waals surface area (Å²) in [6.07, 6.45) is 5.71. The second kappa shape index (κ2) is 9.02. The Morgan fingerprint density at radius 1 is 1.09 bits per heavy atom. The zero-order chi connectivity index (χ0) is 22.1. The number of para-hydroxylation sites is 1. The number of aromatic nitrogens is 1. The molecular weight excluding hydrogens is 418 g/mol. The first-order valence-corrected chi connectivity index (χ1v) is 12.7. The lowest BCUT2D eigenvalue weighted by Gasteiger charge is -2.36.